The van der Waals surface area contributed by atoms with Gasteiger partial charge in [-0.25, -0.2) is 0 Å². The number of hydrogen-bond donors (Lipinski definition) is 1. The van der Waals surface area contributed by atoms with Crippen LogP contribution in [0.25, 0.3) is 0 Å². The fraction of sp³-hybridized carbons (Fsp3) is 0.700. The number of nitrogens with one attached hydrogen (secondary N) is 1. The van der Waals surface area contributed by atoms with Gasteiger partial charge in [-0.3, -0.25) is 4.79 Å². The summed E-state index contributed by atoms with van der Waals surface area (Å²) in [6.45, 7) is 3.46. The number of fused-ring (bicyclic) bond motifs is 2. The van der Waals surface area contributed by atoms with E-state index in [1.165, 1.54) is 18.9 Å². The van der Waals surface area contributed by atoms with E-state index in [-0.39, 0.29) is 5.91 Å². The maximum atomic E-state index is 11.1. The third kappa shape index (κ3) is 2.08. The summed E-state index contributed by atoms with van der Waals surface area (Å²) in [6, 6.07) is 0.407. The van der Waals surface area contributed by atoms with Gasteiger partial charge in [0, 0.05) is 16.5 Å². The first-order chi connectivity index (χ1) is 6.28. The summed E-state index contributed by atoms with van der Waals surface area (Å²) in [5, 5.41) is 4.60. The average Bonchev–Trinajstić information content (AvgIpc) is 2.46. The zero-order valence-electron chi connectivity index (χ0n) is 7.66. The highest BCUT2D eigenvalue weighted by Crippen LogP contribution is 2.43. The number of rotatable bonds is 2. The van der Waals surface area contributed by atoms with Crippen LogP contribution in [0.5, 0.6) is 0 Å². The Bertz CT molecular complexity index is 217. The topological polar surface area (TPSA) is 29.1 Å². The average molecular weight is 197 g/mol. The molecule has 2 saturated heterocycles. The van der Waals surface area contributed by atoms with Gasteiger partial charge in [-0.2, -0.15) is 11.8 Å². The van der Waals surface area contributed by atoms with Gasteiger partial charge in [0.15, 0.2) is 0 Å². The van der Waals surface area contributed by atoms with Crippen molar-refractivity contribution in [3.8, 4) is 0 Å². The van der Waals surface area contributed by atoms with E-state index < -0.39 is 0 Å². The van der Waals surface area contributed by atoms with Crippen molar-refractivity contribution in [1.29, 1.82) is 0 Å². The predicted molar refractivity (Wildman–Crippen MR) is 55.8 cm³/mol. The second-order valence-electron chi connectivity index (χ2n) is 3.84. The molecule has 13 heavy (non-hydrogen) atoms. The van der Waals surface area contributed by atoms with Gasteiger partial charge in [-0.1, -0.05) is 6.58 Å². The van der Waals surface area contributed by atoms with Crippen molar-refractivity contribution in [2.24, 2.45) is 0 Å². The Balaban J connectivity index is 1.88. The minimum atomic E-state index is -0.0173. The van der Waals surface area contributed by atoms with Gasteiger partial charge in [-0.05, 0) is 31.8 Å². The molecule has 2 fully saturated rings. The molecule has 0 saturated carbocycles. The van der Waals surface area contributed by atoms with Gasteiger partial charge in [0.1, 0.15) is 0 Å². The summed E-state index contributed by atoms with van der Waals surface area (Å²) < 4.78 is 0. The number of hydrogen-bond acceptors (Lipinski definition) is 2. The largest absolute Gasteiger partial charge is 0.350 e. The van der Waals surface area contributed by atoms with Gasteiger partial charge in [0.2, 0.25) is 5.91 Å². The molecule has 0 aromatic carbocycles. The van der Waals surface area contributed by atoms with Crippen LogP contribution in [0.2, 0.25) is 0 Å². The Hall–Kier alpha value is -0.440. The van der Waals surface area contributed by atoms with Crippen LogP contribution in [0.15, 0.2) is 12.7 Å². The standard InChI is InChI=1S/C10H15NOS/c1-2-10(12)11-7-5-8-3-4-9(6-7)13-8/h2,7-9H,1,3-6H2,(H,11,12). The summed E-state index contributed by atoms with van der Waals surface area (Å²) >= 11 is 2.11. The molecule has 0 spiro atoms. The number of thioether (sulfide) groups is 1. The monoisotopic (exact) mass is 197 g/mol. The molecule has 2 nitrogen and oxygen atoms in total. The molecule has 3 heteroatoms. The van der Waals surface area contributed by atoms with Crippen LogP contribution in [0.3, 0.4) is 0 Å². The first-order valence-corrected chi connectivity index (χ1v) is 5.80. The van der Waals surface area contributed by atoms with E-state index in [2.05, 4.69) is 23.7 Å². The summed E-state index contributed by atoms with van der Waals surface area (Å²) in [7, 11) is 0. The smallest absolute Gasteiger partial charge is 0.243 e. The fourth-order valence-electron chi connectivity index (χ4n) is 2.24. The van der Waals surface area contributed by atoms with E-state index >= 15 is 0 Å². The van der Waals surface area contributed by atoms with Crippen LogP contribution in [0, 0.1) is 0 Å². The molecule has 0 aliphatic carbocycles. The Morgan fingerprint density at radius 2 is 2.00 bits per heavy atom. The molecule has 2 aliphatic rings. The molecule has 2 aliphatic heterocycles. The highest BCUT2D eigenvalue weighted by atomic mass is 32.2. The summed E-state index contributed by atoms with van der Waals surface area (Å²) in [5.41, 5.74) is 0. The molecule has 2 bridgehead atoms. The van der Waals surface area contributed by atoms with E-state index in [1.807, 2.05) is 0 Å². The highest BCUT2D eigenvalue weighted by molar-refractivity contribution is 8.00. The molecule has 2 heterocycles. The lowest BCUT2D eigenvalue weighted by atomic mass is 10.1. The maximum Gasteiger partial charge on any atom is 0.243 e. The quantitative estimate of drug-likeness (QED) is 0.683. The Morgan fingerprint density at radius 3 is 2.54 bits per heavy atom. The molecule has 0 aromatic rings. The van der Waals surface area contributed by atoms with Gasteiger partial charge in [0.25, 0.3) is 0 Å². The zero-order chi connectivity index (χ0) is 9.26. The second-order valence-corrected chi connectivity index (χ2v) is 5.44. The Kier molecular flexibility index (Phi) is 2.63. The first-order valence-electron chi connectivity index (χ1n) is 4.86. The van der Waals surface area contributed by atoms with E-state index in [1.54, 1.807) is 0 Å². The van der Waals surface area contributed by atoms with E-state index in [9.17, 15) is 4.79 Å². The zero-order valence-corrected chi connectivity index (χ0v) is 8.48. The van der Waals surface area contributed by atoms with Crippen LogP contribution in [0.4, 0.5) is 0 Å². The number of carbonyl (C=O) groups is 1. The van der Waals surface area contributed by atoms with Crippen LogP contribution >= 0.6 is 11.8 Å². The van der Waals surface area contributed by atoms with Crippen molar-refractivity contribution in [1.82, 2.24) is 5.32 Å². The normalized spacial score (nSPS) is 37.1. The molecule has 2 unspecified atom stereocenters. The minimum absolute atomic E-state index is 0.0173. The molecule has 1 amide bonds. The number of carbonyl (C=O) groups excluding carboxylic acids is 1. The van der Waals surface area contributed by atoms with Crippen molar-refractivity contribution < 1.29 is 4.79 Å². The molecule has 0 aromatic heterocycles. The first kappa shape index (κ1) is 9.13. The van der Waals surface area contributed by atoms with Gasteiger partial charge in [0.05, 0.1) is 0 Å². The third-order valence-electron chi connectivity index (χ3n) is 2.82. The van der Waals surface area contributed by atoms with Crippen LogP contribution in [0.1, 0.15) is 25.7 Å². The summed E-state index contributed by atoms with van der Waals surface area (Å²) in [5.74, 6) is -0.0173. The molecule has 0 radical (unpaired) electrons. The SMILES string of the molecule is C=CC(=O)NC1CC2CCC(C1)S2. The lowest BCUT2D eigenvalue weighted by molar-refractivity contribution is -0.117. The molecule has 2 rings (SSSR count). The lowest BCUT2D eigenvalue weighted by Gasteiger charge is -2.27. The fourth-order valence-corrected chi connectivity index (χ4v) is 4.01. The van der Waals surface area contributed by atoms with E-state index in [4.69, 9.17) is 0 Å². The van der Waals surface area contributed by atoms with Crippen molar-refractivity contribution in [3.05, 3.63) is 12.7 Å². The maximum absolute atomic E-state index is 11.1. The lowest BCUT2D eigenvalue weighted by Crippen LogP contribution is -2.38. The van der Waals surface area contributed by atoms with Crippen LogP contribution in [-0.4, -0.2) is 22.4 Å². The Labute approximate surface area is 83.2 Å². The van der Waals surface area contributed by atoms with E-state index in [0.717, 1.165) is 23.3 Å². The van der Waals surface area contributed by atoms with Gasteiger partial charge in [-0.15, -0.1) is 0 Å². The van der Waals surface area contributed by atoms with Crippen LogP contribution in [-0.2, 0) is 4.79 Å². The van der Waals surface area contributed by atoms with Crippen molar-refractivity contribution in [3.63, 3.8) is 0 Å². The number of amides is 1. The second kappa shape index (κ2) is 3.74. The molecular formula is C10H15NOS. The molecule has 1 N–H and O–H groups in total. The van der Waals surface area contributed by atoms with Crippen molar-refractivity contribution in [2.75, 3.05) is 0 Å². The third-order valence-corrected chi connectivity index (χ3v) is 4.45. The van der Waals surface area contributed by atoms with Crippen LogP contribution < -0.4 is 5.32 Å². The predicted octanol–water partition coefficient (Wildman–Crippen LogP) is 1.72. The summed E-state index contributed by atoms with van der Waals surface area (Å²) in [6.07, 6.45) is 6.36. The van der Waals surface area contributed by atoms with Crippen molar-refractivity contribution in [2.45, 2.75) is 42.2 Å². The highest BCUT2D eigenvalue weighted by Gasteiger charge is 2.34. The molecule has 72 valence electrons. The van der Waals surface area contributed by atoms with E-state index in [0.29, 0.717) is 6.04 Å². The molecular weight excluding hydrogens is 182 g/mol. The van der Waals surface area contributed by atoms with Crippen molar-refractivity contribution >= 4 is 17.7 Å². The van der Waals surface area contributed by atoms with Gasteiger partial charge < -0.3 is 5.32 Å². The molecule has 2 atom stereocenters. The van der Waals surface area contributed by atoms with Gasteiger partial charge >= 0.3 is 0 Å². The minimum Gasteiger partial charge on any atom is -0.350 e. The summed E-state index contributed by atoms with van der Waals surface area (Å²) in [4.78, 5) is 11.1. The Morgan fingerprint density at radius 1 is 1.38 bits per heavy atom.